The van der Waals surface area contributed by atoms with Crippen LogP contribution in [0.5, 0.6) is 0 Å². The Labute approximate surface area is 105 Å². The Morgan fingerprint density at radius 2 is 2.41 bits per heavy atom. The van der Waals surface area contributed by atoms with Gasteiger partial charge in [-0.3, -0.25) is 4.79 Å². The first-order valence-corrected chi connectivity index (χ1v) is 6.09. The second-order valence-electron chi connectivity index (χ2n) is 4.42. The highest BCUT2D eigenvalue weighted by molar-refractivity contribution is 6.32. The number of halogens is 1. The number of nitrogens with zero attached hydrogens (tertiary/aromatic N) is 2. The van der Waals surface area contributed by atoms with Gasteiger partial charge >= 0.3 is 0 Å². The van der Waals surface area contributed by atoms with Crippen LogP contribution in [0.4, 0.5) is 5.69 Å². The van der Waals surface area contributed by atoms with E-state index in [9.17, 15) is 4.79 Å². The zero-order valence-electron chi connectivity index (χ0n) is 9.94. The number of nitrogens with one attached hydrogen (secondary N) is 1. The lowest BCUT2D eigenvalue weighted by Gasteiger charge is -2.15. The van der Waals surface area contributed by atoms with Crippen LogP contribution in [-0.4, -0.2) is 29.0 Å². The first kappa shape index (κ1) is 12.4. The van der Waals surface area contributed by atoms with Crippen LogP contribution in [0.25, 0.3) is 0 Å². The molecule has 1 unspecified atom stereocenters. The second kappa shape index (κ2) is 5.06. The maximum atomic E-state index is 11.9. The Hall–Kier alpha value is -1.07. The number of hydrogen-bond acceptors (Lipinski definition) is 4. The molecule has 94 valence electrons. The SMILES string of the molecule is CC(C)n1ncc(NC2CCOC2)c(Cl)c1=O. The summed E-state index contributed by atoms with van der Waals surface area (Å²) in [5.74, 6) is 0. The van der Waals surface area contributed by atoms with Crippen molar-refractivity contribution in [1.29, 1.82) is 0 Å². The lowest BCUT2D eigenvalue weighted by Crippen LogP contribution is -2.27. The van der Waals surface area contributed by atoms with E-state index in [0.717, 1.165) is 13.0 Å². The molecule has 0 spiro atoms. The predicted molar refractivity (Wildman–Crippen MR) is 66.7 cm³/mol. The second-order valence-corrected chi connectivity index (χ2v) is 4.80. The average Bonchev–Trinajstić information content (AvgIpc) is 2.77. The molecule has 0 saturated carbocycles. The highest BCUT2D eigenvalue weighted by atomic mass is 35.5. The molecule has 1 aromatic rings. The molecule has 1 fully saturated rings. The van der Waals surface area contributed by atoms with Crippen molar-refractivity contribution in [2.75, 3.05) is 18.5 Å². The molecule has 6 heteroatoms. The molecule has 0 bridgehead atoms. The monoisotopic (exact) mass is 257 g/mol. The van der Waals surface area contributed by atoms with Crippen LogP contribution in [0, 0.1) is 0 Å². The van der Waals surface area contributed by atoms with E-state index < -0.39 is 0 Å². The molecule has 0 aliphatic carbocycles. The van der Waals surface area contributed by atoms with E-state index in [1.807, 2.05) is 13.8 Å². The minimum atomic E-state index is -0.259. The molecule has 0 amide bonds. The maximum Gasteiger partial charge on any atom is 0.287 e. The lowest BCUT2D eigenvalue weighted by molar-refractivity contribution is 0.195. The van der Waals surface area contributed by atoms with Crippen molar-refractivity contribution in [3.05, 3.63) is 21.6 Å². The molecular weight excluding hydrogens is 242 g/mol. The van der Waals surface area contributed by atoms with Crippen LogP contribution in [0.3, 0.4) is 0 Å². The third-order valence-electron chi connectivity index (χ3n) is 2.72. The first-order valence-electron chi connectivity index (χ1n) is 5.71. The summed E-state index contributed by atoms with van der Waals surface area (Å²) in [6.45, 7) is 5.17. The fourth-order valence-corrected chi connectivity index (χ4v) is 1.97. The van der Waals surface area contributed by atoms with Gasteiger partial charge < -0.3 is 10.1 Å². The minimum absolute atomic E-state index is 0.00358. The smallest absolute Gasteiger partial charge is 0.287 e. The van der Waals surface area contributed by atoms with E-state index in [1.54, 1.807) is 6.20 Å². The highest BCUT2D eigenvalue weighted by Crippen LogP contribution is 2.19. The summed E-state index contributed by atoms with van der Waals surface area (Å²) in [5, 5.41) is 7.48. The number of hydrogen-bond donors (Lipinski definition) is 1. The third-order valence-corrected chi connectivity index (χ3v) is 3.09. The zero-order valence-corrected chi connectivity index (χ0v) is 10.7. The van der Waals surface area contributed by atoms with E-state index in [2.05, 4.69) is 10.4 Å². The standard InChI is InChI=1S/C11H16ClN3O2/c1-7(2)15-11(16)10(12)9(5-13-15)14-8-3-4-17-6-8/h5,7-8,14H,3-4,6H2,1-2H3. The Bertz CT molecular complexity index is 453. The van der Waals surface area contributed by atoms with Crippen molar-refractivity contribution in [1.82, 2.24) is 9.78 Å². The number of rotatable bonds is 3. The maximum absolute atomic E-state index is 11.9. The lowest BCUT2D eigenvalue weighted by atomic mass is 10.2. The number of aromatic nitrogens is 2. The van der Waals surface area contributed by atoms with Crippen molar-refractivity contribution in [3.63, 3.8) is 0 Å². The molecule has 1 aliphatic rings. The zero-order chi connectivity index (χ0) is 12.4. The summed E-state index contributed by atoms with van der Waals surface area (Å²) in [5.41, 5.74) is 0.328. The molecule has 2 rings (SSSR count). The molecular formula is C11H16ClN3O2. The summed E-state index contributed by atoms with van der Waals surface area (Å²) in [4.78, 5) is 11.9. The summed E-state index contributed by atoms with van der Waals surface area (Å²) in [6, 6.07) is 0.215. The van der Waals surface area contributed by atoms with Crippen LogP contribution >= 0.6 is 11.6 Å². The summed E-state index contributed by atoms with van der Waals surface area (Å²) >= 11 is 6.04. The van der Waals surface area contributed by atoms with Gasteiger partial charge in [0.2, 0.25) is 0 Å². The fraction of sp³-hybridized carbons (Fsp3) is 0.636. The summed E-state index contributed by atoms with van der Waals surface area (Å²) in [6.07, 6.45) is 2.52. The van der Waals surface area contributed by atoms with E-state index in [4.69, 9.17) is 16.3 Å². The predicted octanol–water partition coefficient (Wildman–Crippen LogP) is 1.68. The van der Waals surface area contributed by atoms with Crippen LogP contribution in [-0.2, 0) is 4.74 Å². The Morgan fingerprint density at radius 1 is 1.65 bits per heavy atom. The first-order chi connectivity index (χ1) is 8.09. The Balaban J connectivity index is 2.24. The van der Waals surface area contributed by atoms with Gasteiger partial charge in [0.1, 0.15) is 5.02 Å². The largest absolute Gasteiger partial charge is 0.379 e. The van der Waals surface area contributed by atoms with Gasteiger partial charge in [0.25, 0.3) is 5.56 Å². The molecule has 0 radical (unpaired) electrons. The molecule has 17 heavy (non-hydrogen) atoms. The van der Waals surface area contributed by atoms with E-state index in [-0.39, 0.29) is 22.7 Å². The van der Waals surface area contributed by atoms with Gasteiger partial charge in [-0.1, -0.05) is 11.6 Å². The van der Waals surface area contributed by atoms with Gasteiger partial charge in [-0.05, 0) is 20.3 Å². The van der Waals surface area contributed by atoms with Crippen molar-refractivity contribution in [2.24, 2.45) is 0 Å². The van der Waals surface area contributed by atoms with Gasteiger partial charge in [0.05, 0.1) is 30.6 Å². The van der Waals surface area contributed by atoms with E-state index in [0.29, 0.717) is 12.3 Å². The topological polar surface area (TPSA) is 56.1 Å². The van der Waals surface area contributed by atoms with Gasteiger partial charge in [0.15, 0.2) is 0 Å². The molecule has 0 aromatic carbocycles. The quantitative estimate of drug-likeness (QED) is 0.895. The molecule has 1 atom stereocenters. The molecule has 1 saturated heterocycles. The molecule has 5 nitrogen and oxygen atoms in total. The third kappa shape index (κ3) is 2.61. The van der Waals surface area contributed by atoms with Gasteiger partial charge in [-0.2, -0.15) is 5.10 Å². The highest BCUT2D eigenvalue weighted by Gasteiger charge is 2.18. The van der Waals surface area contributed by atoms with Crippen molar-refractivity contribution >= 4 is 17.3 Å². The van der Waals surface area contributed by atoms with Crippen LogP contribution < -0.4 is 10.9 Å². The van der Waals surface area contributed by atoms with E-state index >= 15 is 0 Å². The summed E-state index contributed by atoms with van der Waals surface area (Å²) in [7, 11) is 0. The van der Waals surface area contributed by atoms with Crippen molar-refractivity contribution in [3.8, 4) is 0 Å². The van der Waals surface area contributed by atoms with Crippen LogP contribution in [0.15, 0.2) is 11.0 Å². The van der Waals surface area contributed by atoms with Crippen molar-refractivity contribution in [2.45, 2.75) is 32.4 Å². The molecule has 1 aliphatic heterocycles. The molecule has 2 heterocycles. The normalized spacial score (nSPS) is 19.9. The van der Waals surface area contributed by atoms with Crippen LogP contribution in [0.2, 0.25) is 5.02 Å². The molecule has 1 aromatic heterocycles. The molecule has 1 N–H and O–H groups in total. The average molecular weight is 258 g/mol. The Morgan fingerprint density at radius 3 is 3.00 bits per heavy atom. The summed E-state index contributed by atoms with van der Waals surface area (Å²) < 4.78 is 6.63. The minimum Gasteiger partial charge on any atom is -0.379 e. The number of anilines is 1. The van der Waals surface area contributed by atoms with E-state index in [1.165, 1.54) is 4.68 Å². The van der Waals surface area contributed by atoms with Crippen LogP contribution in [0.1, 0.15) is 26.3 Å². The number of ether oxygens (including phenoxy) is 1. The Kier molecular flexibility index (Phi) is 3.69. The van der Waals surface area contributed by atoms with Gasteiger partial charge in [-0.15, -0.1) is 0 Å². The van der Waals surface area contributed by atoms with Gasteiger partial charge in [-0.25, -0.2) is 4.68 Å². The fourth-order valence-electron chi connectivity index (χ4n) is 1.78. The van der Waals surface area contributed by atoms with Crippen molar-refractivity contribution < 1.29 is 4.74 Å². The van der Waals surface area contributed by atoms with Gasteiger partial charge in [0, 0.05) is 6.61 Å².